The second kappa shape index (κ2) is 5.55. The van der Waals surface area contributed by atoms with Gasteiger partial charge in [-0.05, 0) is 50.6 Å². The Balaban J connectivity index is 2.14. The van der Waals surface area contributed by atoms with Crippen molar-refractivity contribution in [2.24, 2.45) is 0 Å². The zero-order chi connectivity index (χ0) is 13.1. The van der Waals surface area contributed by atoms with E-state index in [1.54, 1.807) is 11.3 Å². The number of benzene rings is 1. The maximum Gasteiger partial charge on any atom is 0.119 e. The summed E-state index contributed by atoms with van der Waals surface area (Å²) in [4.78, 5) is 2.19. The molecule has 0 spiro atoms. The van der Waals surface area contributed by atoms with Crippen LogP contribution in [0.3, 0.4) is 0 Å². The Bertz CT molecular complexity index is 499. The summed E-state index contributed by atoms with van der Waals surface area (Å²) < 4.78 is 5.58. The largest absolute Gasteiger partial charge is 0.491 e. The first-order valence-corrected chi connectivity index (χ1v) is 6.89. The summed E-state index contributed by atoms with van der Waals surface area (Å²) in [6, 6.07) is 11.6. The molecule has 0 radical (unpaired) electrons. The van der Waals surface area contributed by atoms with E-state index in [0.29, 0.717) is 0 Å². The third kappa shape index (κ3) is 3.12. The zero-order valence-corrected chi connectivity index (χ0v) is 11.7. The van der Waals surface area contributed by atoms with Gasteiger partial charge in [-0.3, -0.25) is 0 Å². The number of hydrogen-bond acceptors (Lipinski definition) is 3. The predicted octanol–water partition coefficient (Wildman–Crippen LogP) is 3.93. The fraction of sp³-hybridized carbons (Fsp3) is 0.333. The van der Waals surface area contributed by atoms with Gasteiger partial charge in [-0.2, -0.15) is 0 Å². The molecule has 0 aliphatic rings. The molecule has 0 fully saturated rings. The number of aryl methyl sites for hydroxylation is 1. The highest BCUT2D eigenvalue weighted by molar-refractivity contribution is 7.12. The van der Waals surface area contributed by atoms with Crippen molar-refractivity contribution in [1.82, 2.24) is 0 Å². The second-order valence-electron chi connectivity index (χ2n) is 4.59. The molecule has 0 aliphatic carbocycles. The number of aliphatic hydroxyl groups is 1. The van der Waals surface area contributed by atoms with Crippen LogP contribution in [-0.2, 0) is 0 Å². The van der Waals surface area contributed by atoms with Crippen LogP contribution in [0.5, 0.6) is 5.75 Å². The van der Waals surface area contributed by atoms with E-state index in [0.717, 1.165) is 16.2 Å². The summed E-state index contributed by atoms with van der Waals surface area (Å²) in [5.41, 5.74) is 0.896. The summed E-state index contributed by atoms with van der Waals surface area (Å²) in [6.45, 7) is 6.04. The van der Waals surface area contributed by atoms with Gasteiger partial charge < -0.3 is 9.84 Å². The lowest BCUT2D eigenvalue weighted by Gasteiger charge is -2.12. The van der Waals surface area contributed by atoms with Crippen molar-refractivity contribution >= 4 is 11.3 Å². The van der Waals surface area contributed by atoms with Crippen molar-refractivity contribution in [2.75, 3.05) is 0 Å². The van der Waals surface area contributed by atoms with Crippen molar-refractivity contribution in [1.29, 1.82) is 0 Å². The smallest absolute Gasteiger partial charge is 0.119 e. The molecule has 2 rings (SSSR count). The SMILES string of the molecule is Cc1ccc(C(O)c2ccc(OC(C)C)cc2)s1. The fourth-order valence-corrected chi connectivity index (χ4v) is 2.66. The first-order valence-electron chi connectivity index (χ1n) is 6.07. The minimum atomic E-state index is -0.545. The summed E-state index contributed by atoms with van der Waals surface area (Å²) in [7, 11) is 0. The molecule has 0 bridgehead atoms. The van der Waals surface area contributed by atoms with E-state index in [1.165, 1.54) is 4.88 Å². The molecule has 0 amide bonds. The lowest BCUT2D eigenvalue weighted by atomic mass is 10.1. The Hall–Kier alpha value is -1.32. The number of rotatable bonds is 4. The quantitative estimate of drug-likeness (QED) is 0.904. The van der Waals surface area contributed by atoms with Crippen LogP contribution in [0.25, 0.3) is 0 Å². The molecule has 0 saturated carbocycles. The molecule has 1 aromatic carbocycles. The van der Waals surface area contributed by atoms with E-state index < -0.39 is 6.10 Å². The molecule has 1 heterocycles. The molecule has 2 aromatic rings. The van der Waals surface area contributed by atoms with Gasteiger partial charge in [0.25, 0.3) is 0 Å². The van der Waals surface area contributed by atoms with Crippen LogP contribution in [0.2, 0.25) is 0 Å². The highest BCUT2D eigenvalue weighted by Crippen LogP contribution is 2.29. The van der Waals surface area contributed by atoms with Crippen LogP contribution >= 0.6 is 11.3 Å². The molecule has 1 atom stereocenters. The van der Waals surface area contributed by atoms with Crippen LogP contribution in [0.4, 0.5) is 0 Å². The molecule has 0 aliphatic heterocycles. The zero-order valence-electron chi connectivity index (χ0n) is 10.9. The molecule has 1 aromatic heterocycles. The number of hydrogen-bond donors (Lipinski definition) is 1. The molecular weight excluding hydrogens is 244 g/mol. The number of thiophene rings is 1. The van der Waals surface area contributed by atoms with E-state index >= 15 is 0 Å². The molecule has 18 heavy (non-hydrogen) atoms. The van der Waals surface area contributed by atoms with Gasteiger partial charge in [0.15, 0.2) is 0 Å². The first-order chi connectivity index (χ1) is 8.56. The first kappa shape index (κ1) is 13.1. The van der Waals surface area contributed by atoms with Crippen molar-refractivity contribution in [2.45, 2.75) is 33.0 Å². The highest BCUT2D eigenvalue weighted by atomic mass is 32.1. The van der Waals surface area contributed by atoms with Crippen LogP contribution in [0.15, 0.2) is 36.4 Å². The normalized spacial score (nSPS) is 12.7. The minimum Gasteiger partial charge on any atom is -0.491 e. The van der Waals surface area contributed by atoms with Crippen LogP contribution in [0.1, 0.15) is 35.3 Å². The summed E-state index contributed by atoms with van der Waals surface area (Å²) in [5, 5.41) is 10.2. The average molecular weight is 262 g/mol. The highest BCUT2D eigenvalue weighted by Gasteiger charge is 2.12. The van der Waals surface area contributed by atoms with Gasteiger partial charge in [0, 0.05) is 9.75 Å². The molecule has 3 heteroatoms. The Labute approximate surface area is 112 Å². The number of ether oxygens (including phenoxy) is 1. The van der Waals surface area contributed by atoms with Crippen molar-refractivity contribution < 1.29 is 9.84 Å². The van der Waals surface area contributed by atoms with Crippen LogP contribution in [0, 0.1) is 6.92 Å². The second-order valence-corrected chi connectivity index (χ2v) is 5.91. The lowest BCUT2D eigenvalue weighted by molar-refractivity contribution is 0.223. The van der Waals surface area contributed by atoms with Gasteiger partial charge in [-0.15, -0.1) is 11.3 Å². The van der Waals surface area contributed by atoms with Gasteiger partial charge in [-0.25, -0.2) is 0 Å². The van der Waals surface area contributed by atoms with Crippen LogP contribution in [-0.4, -0.2) is 11.2 Å². The predicted molar refractivity (Wildman–Crippen MR) is 75.3 cm³/mol. The monoisotopic (exact) mass is 262 g/mol. The fourth-order valence-electron chi connectivity index (χ4n) is 1.77. The molecule has 2 nitrogen and oxygen atoms in total. The molecule has 96 valence electrons. The molecule has 1 unspecified atom stereocenters. The van der Waals surface area contributed by atoms with E-state index in [-0.39, 0.29) is 6.10 Å². The third-order valence-corrected chi connectivity index (χ3v) is 3.65. The van der Waals surface area contributed by atoms with Gasteiger partial charge >= 0.3 is 0 Å². The summed E-state index contributed by atoms with van der Waals surface area (Å²) >= 11 is 1.62. The van der Waals surface area contributed by atoms with Crippen LogP contribution < -0.4 is 4.74 Å². The van der Waals surface area contributed by atoms with Crippen molar-refractivity contribution in [3.8, 4) is 5.75 Å². The van der Waals surface area contributed by atoms with E-state index in [4.69, 9.17) is 4.74 Å². The minimum absolute atomic E-state index is 0.167. The van der Waals surface area contributed by atoms with Gasteiger partial charge in [0.05, 0.1) is 6.10 Å². The average Bonchev–Trinajstić information content (AvgIpc) is 2.75. The van der Waals surface area contributed by atoms with Gasteiger partial charge in [-0.1, -0.05) is 12.1 Å². The molecule has 0 saturated heterocycles. The molecule has 1 N–H and O–H groups in total. The maximum absolute atomic E-state index is 10.2. The number of aliphatic hydroxyl groups excluding tert-OH is 1. The Morgan fingerprint density at radius 3 is 2.22 bits per heavy atom. The van der Waals surface area contributed by atoms with Gasteiger partial charge in [0.2, 0.25) is 0 Å². The standard InChI is InChI=1S/C15H18O2S/c1-10(2)17-13-7-5-12(6-8-13)15(16)14-9-4-11(3)18-14/h4-10,15-16H,1-3H3. The van der Waals surface area contributed by atoms with Gasteiger partial charge in [0.1, 0.15) is 11.9 Å². The summed E-state index contributed by atoms with van der Waals surface area (Å²) in [6.07, 6.45) is -0.377. The van der Waals surface area contributed by atoms with Crippen molar-refractivity contribution in [3.63, 3.8) is 0 Å². The Morgan fingerprint density at radius 1 is 1.06 bits per heavy atom. The van der Waals surface area contributed by atoms with E-state index in [1.807, 2.05) is 57.2 Å². The lowest BCUT2D eigenvalue weighted by Crippen LogP contribution is -2.05. The maximum atomic E-state index is 10.2. The van der Waals surface area contributed by atoms with E-state index in [2.05, 4.69) is 0 Å². The Morgan fingerprint density at radius 2 is 1.72 bits per heavy atom. The third-order valence-electron chi connectivity index (χ3n) is 2.60. The topological polar surface area (TPSA) is 29.5 Å². The Kier molecular flexibility index (Phi) is 4.04. The van der Waals surface area contributed by atoms with E-state index in [9.17, 15) is 5.11 Å². The molecular formula is C15H18O2S. The van der Waals surface area contributed by atoms with Crippen molar-refractivity contribution in [3.05, 3.63) is 51.7 Å². The summed E-state index contributed by atoms with van der Waals surface area (Å²) in [5.74, 6) is 0.836.